The fraction of sp³-hybridized carbons (Fsp3) is 0.846. The van der Waals surface area contributed by atoms with Gasteiger partial charge >= 0.3 is 5.97 Å². The molecule has 0 bridgehead atoms. The van der Waals surface area contributed by atoms with Crippen LogP contribution < -0.4 is 5.73 Å². The van der Waals surface area contributed by atoms with Gasteiger partial charge in [0, 0.05) is 26.5 Å². The van der Waals surface area contributed by atoms with Crippen LogP contribution in [0.1, 0.15) is 38.5 Å². The molecule has 6 heteroatoms. The third kappa shape index (κ3) is 4.80. The summed E-state index contributed by atoms with van der Waals surface area (Å²) in [6.45, 7) is 1.06. The lowest BCUT2D eigenvalue weighted by molar-refractivity contribution is -0.148. The minimum atomic E-state index is -0.948. The largest absolute Gasteiger partial charge is 0.480 e. The number of nitrogens with zero attached hydrogens (tertiary/aromatic N) is 1. The second-order valence-electron chi connectivity index (χ2n) is 4.95. The Balaban J connectivity index is 2.39. The molecule has 2 atom stereocenters. The molecule has 0 saturated carbocycles. The van der Waals surface area contributed by atoms with Gasteiger partial charge in [-0.15, -0.1) is 0 Å². The fourth-order valence-electron chi connectivity index (χ4n) is 2.40. The van der Waals surface area contributed by atoms with Crippen molar-refractivity contribution in [1.82, 2.24) is 4.90 Å². The molecule has 2 unspecified atom stereocenters. The maximum Gasteiger partial charge on any atom is 0.326 e. The number of likely N-dealkylation sites (tertiary alicyclic amines) is 1. The number of rotatable bonds is 8. The van der Waals surface area contributed by atoms with Gasteiger partial charge in [-0.3, -0.25) is 4.79 Å². The van der Waals surface area contributed by atoms with E-state index in [2.05, 4.69) is 0 Å². The highest BCUT2D eigenvalue weighted by atomic mass is 16.5. The number of methoxy groups -OCH3 is 1. The van der Waals surface area contributed by atoms with E-state index in [0.717, 1.165) is 25.7 Å². The molecular weight excluding hydrogens is 248 g/mol. The smallest absolute Gasteiger partial charge is 0.326 e. The Morgan fingerprint density at radius 1 is 1.32 bits per heavy atom. The number of hydrogen-bond acceptors (Lipinski definition) is 4. The summed E-state index contributed by atoms with van der Waals surface area (Å²) in [4.78, 5) is 24.6. The van der Waals surface area contributed by atoms with E-state index in [9.17, 15) is 9.59 Å². The average molecular weight is 272 g/mol. The highest BCUT2D eigenvalue weighted by molar-refractivity contribution is 5.84. The summed E-state index contributed by atoms with van der Waals surface area (Å²) in [5, 5.41) is 9.12. The molecule has 0 radical (unpaired) electrons. The topological polar surface area (TPSA) is 92.9 Å². The van der Waals surface area contributed by atoms with E-state index < -0.39 is 12.0 Å². The standard InChI is InChI=1S/C13H24N2O4/c1-19-10-8-11(13(17)18)15(9-10)12(16)6-4-2-3-5-7-14/h10-11H,2-9,14H2,1H3,(H,17,18). The molecule has 1 rings (SSSR count). The zero-order valence-electron chi connectivity index (χ0n) is 11.5. The maximum absolute atomic E-state index is 12.0. The molecule has 0 aromatic heterocycles. The van der Waals surface area contributed by atoms with Gasteiger partial charge in [0.1, 0.15) is 6.04 Å². The molecule has 0 aliphatic carbocycles. The lowest BCUT2D eigenvalue weighted by Gasteiger charge is -2.21. The van der Waals surface area contributed by atoms with Crippen LogP contribution in [0.25, 0.3) is 0 Å². The predicted octanol–water partition coefficient (Wildman–Crippen LogP) is 0.596. The van der Waals surface area contributed by atoms with Crippen molar-refractivity contribution < 1.29 is 19.4 Å². The summed E-state index contributed by atoms with van der Waals surface area (Å²) < 4.78 is 5.16. The number of unbranched alkanes of at least 4 members (excludes halogenated alkanes) is 3. The van der Waals surface area contributed by atoms with Crippen molar-refractivity contribution in [2.75, 3.05) is 20.2 Å². The van der Waals surface area contributed by atoms with E-state index in [1.165, 1.54) is 4.90 Å². The number of nitrogens with two attached hydrogens (primary N) is 1. The summed E-state index contributed by atoms with van der Waals surface area (Å²) in [5.41, 5.74) is 5.40. The number of carbonyl (C=O) groups is 2. The van der Waals surface area contributed by atoms with Crippen molar-refractivity contribution in [3.05, 3.63) is 0 Å². The van der Waals surface area contributed by atoms with E-state index in [-0.39, 0.29) is 12.0 Å². The third-order valence-corrected chi connectivity index (χ3v) is 3.55. The SMILES string of the molecule is COC1CC(C(=O)O)N(C(=O)CCCCCCN)C1. The number of hydrogen-bond donors (Lipinski definition) is 2. The second kappa shape index (κ2) is 8.12. The first kappa shape index (κ1) is 15.9. The van der Waals surface area contributed by atoms with E-state index in [0.29, 0.717) is 25.9 Å². The number of amides is 1. The van der Waals surface area contributed by atoms with E-state index in [1.807, 2.05) is 0 Å². The van der Waals surface area contributed by atoms with Crippen LogP contribution in [0.3, 0.4) is 0 Å². The maximum atomic E-state index is 12.0. The summed E-state index contributed by atoms with van der Waals surface area (Å²) in [5.74, 6) is -1.03. The summed E-state index contributed by atoms with van der Waals surface area (Å²) in [6.07, 6.45) is 4.37. The van der Waals surface area contributed by atoms with Gasteiger partial charge in [-0.2, -0.15) is 0 Å². The average Bonchev–Trinajstić information content (AvgIpc) is 2.82. The van der Waals surface area contributed by atoms with E-state index in [1.54, 1.807) is 7.11 Å². The normalized spacial score (nSPS) is 22.7. The molecule has 1 aliphatic heterocycles. The molecule has 3 N–H and O–H groups in total. The summed E-state index contributed by atoms with van der Waals surface area (Å²) in [6, 6.07) is -0.735. The Kier molecular flexibility index (Phi) is 6.80. The first-order valence-corrected chi connectivity index (χ1v) is 6.85. The zero-order valence-corrected chi connectivity index (χ0v) is 11.5. The molecule has 1 fully saturated rings. The van der Waals surface area contributed by atoms with Crippen molar-refractivity contribution >= 4 is 11.9 Å². The monoisotopic (exact) mass is 272 g/mol. The summed E-state index contributed by atoms with van der Waals surface area (Å²) in [7, 11) is 1.55. The molecule has 110 valence electrons. The lowest BCUT2D eigenvalue weighted by atomic mass is 10.1. The Bertz CT molecular complexity index is 309. The Morgan fingerprint density at radius 3 is 2.58 bits per heavy atom. The first-order chi connectivity index (χ1) is 9.10. The fourth-order valence-corrected chi connectivity index (χ4v) is 2.40. The van der Waals surface area contributed by atoms with Crippen LogP contribution in [0.2, 0.25) is 0 Å². The number of carboxylic acids is 1. The first-order valence-electron chi connectivity index (χ1n) is 6.85. The molecule has 0 aromatic carbocycles. The Hall–Kier alpha value is -1.14. The van der Waals surface area contributed by atoms with Crippen LogP contribution in [0.4, 0.5) is 0 Å². The second-order valence-corrected chi connectivity index (χ2v) is 4.95. The lowest BCUT2D eigenvalue weighted by Crippen LogP contribution is -2.40. The predicted molar refractivity (Wildman–Crippen MR) is 70.7 cm³/mol. The van der Waals surface area contributed by atoms with Gasteiger partial charge < -0.3 is 20.5 Å². The van der Waals surface area contributed by atoms with E-state index >= 15 is 0 Å². The zero-order chi connectivity index (χ0) is 14.3. The van der Waals surface area contributed by atoms with Crippen molar-refractivity contribution in [3.8, 4) is 0 Å². The highest BCUT2D eigenvalue weighted by Gasteiger charge is 2.39. The molecule has 0 spiro atoms. The summed E-state index contributed by atoms with van der Waals surface area (Å²) >= 11 is 0. The number of carboxylic acid groups (broad SMARTS) is 1. The van der Waals surface area contributed by atoms with Crippen molar-refractivity contribution in [3.63, 3.8) is 0 Å². The minimum absolute atomic E-state index is 0.0836. The van der Waals surface area contributed by atoms with Crippen LogP contribution in [-0.2, 0) is 14.3 Å². The van der Waals surface area contributed by atoms with Gasteiger partial charge in [-0.25, -0.2) is 4.79 Å². The van der Waals surface area contributed by atoms with Crippen molar-refractivity contribution in [2.45, 2.75) is 50.7 Å². The van der Waals surface area contributed by atoms with Gasteiger partial charge in [0.25, 0.3) is 0 Å². The van der Waals surface area contributed by atoms with Gasteiger partial charge in [0.2, 0.25) is 5.91 Å². The van der Waals surface area contributed by atoms with Gasteiger partial charge in [0.15, 0.2) is 0 Å². The van der Waals surface area contributed by atoms with Gasteiger partial charge in [0.05, 0.1) is 6.10 Å². The Labute approximate surface area is 113 Å². The molecular formula is C13H24N2O4. The van der Waals surface area contributed by atoms with Crippen molar-refractivity contribution in [2.24, 2.45) is 5.73 Å². The molecule has 6 nitrogen and oxygen atoms in total. The minimum Gasteiger partial charge on any atom is -0.480 e. The van der Waals surface area contributed by atoms with Crippen LogP contribution in [0.15, 0.2) is 0 Å². The van der Waals surface area contributed by atoms with Crippen molar-refractivity contribution in [1.29, 1.82) is 0 Å². The molecule has 1 heterocycles. The van der Waals surface area contributed by atoms with Crippen LogP contribution in [0.5, 0.6) is 0 Å². The number of carbonyl (C=O) groups excluding carboxylic acids is 1. The van der Waals surface area contributed by atoms with Gasteiger partial charge in [-0.05, 0) is 19.4 Å². The highest BCUT2D eigenvalue weighted by Crippen LogP contribution is 2.21. The molecule has 1 saturated heterocycles. The molecule has 1 amide bonds. The van der Waals surface area contributed by atoms with Crippen LogP contribution in [-0.4, -0.2) is 54.2 Å². The number of aliphatic carboxylic acids is 1. The quantitative estimate of drug-likeness (QED) is 0.631. The molecule has 0 aromatic rings. The molecule has 19 heavy (non-hydrogen) atoms. The van der Waals surface area contributed by atoms with Crippen LogP contribution >= 0.6 is 0 Å². The van der Waals surface area contributed by atoms with Crippen LogP contribution in [0, 0.1) is 0 Å². The number of ether oxygens (including phenoxy) is 1. The third-order valence-electron chi connectivity index (χ3n) is 3.55. The molecule has 1 aliphatic rings. The van der Waals surface area contributed by atoms with E-state index in [4.69, 9.17) is 15.6 Å². The Morgan fingerprint density at radius 2 is 2.00 bits per heavy atom. The van der Waals surface area contributed by atoms with Gasteiger partial charge in [-0.1, -0.05) is 12.8 Å².